The third-order valence-corrected chi connectivity index (χ3v) is 2.29. The normalized spacial score (nSPS) is 21.8. The summed E-state index contributed by atoms with van der Waals surface area (Å²) in [5, 5.41) is 8.60. The lowest BCUT2D eigenvalue weighted by atomic mass is 9.98. The maximum Gasteiger partial charge on any atom is 0.309 e. The predicted octanol–water partition coefficient (Wildman–Crippen LogP) is 0.0377. The van der Waals surface area contributed by atoms with Crippen LogP contribution in [0.4, 0.5) is 0 Å². The molecule has 1 N–H and O–H groups in total. The number of ether oxygens (including phenoxy) is 1. The number of nitrogens with zero attached hydrogens (tertiary/aromatic N) is 1. The van der Waals surface area contributed by atoms with E-state index in [9.17, 15) is 4.79 Å². The van der Waals surface area contributed by atoms with Crippen LogP contribution in [0.3, 0.4) is 0 Å². The number of carboxylic acids is 1. The molecule has 0 radical (unpaired) electrons. The molecule has 0 saturated carbocycles. The molecule has 1 saturated heterocycles. The zero-order valence-corrected chi connectivity index (χ0v) is 7.49. The number of carboxylic acid groups (broad SMARTS) is 1. The van der Waals surface area contributed by atoms with Crippen molar-refractivity contribution in [2.24, 2.45) is 5.92 Å². The number of hydrogen-bond donors (Lipinski definition) is 1. The Morgan fingerprint density at radius 1 is 1.75 bits per heavy atom. The van der Waals surface area contributed by atoms with Crippen LogP contribution in [0.1, 0.15) is 6.92 Å². The highest BCUT2D eigenvalue weighted by atomic mass is 16.5. The minimum Gasteiger partial charge on any atom is -0.481 e. The molecule has 0 aromatic heterocycles. The molecule has 1 heterocycles. The highest BCUT2D eigenvalue weighted by molar-refractivity contribution is 5.71. The van der Waals surface area contributed by atoms with Crippen LogP contribution in [0.15, 0.2) is 0 Å². The molecule has 4 heteroatoms. The summed E-state index contributed by atoms with van der Waals surface area (Å²) in [6.45, 7) is 4.05. The Labute approximate surface area is 72.1 Å². The largest absolute Gasteiger partial charge is 0.481 e. The van der Waals surface area contributed by atoms with Gasteiger partial charge in [-0.15, -0.1) is 0 Å². The molecule has 1 aliphatic heterocycles. The molecule has 0 aromatic carbocycles. The van der Waals surface area contributed by atoms with Crippen LogP contribution in [0.25, 0.3) is 0 Å². The zero-order chi connectivity index (χ0) is 9.14. The van der Waals surface area contributed by atoms with E-state index in [1.807, 2.05) is 6.92 Å². The molecular formula is C8H15NO3. The van der Waals surface area contributed by atoms with Crippen molar-refractivity contribution < 1.29 is 14.6 Å². The van der Waals surface area contributed by atoms with Gasteiger partial charge in [-0.05, 0) is 6.92 Å². The summed E-state index contributed by atoms with van der Waals surface area (Å²) < 4.78 is 4.97. The molecule has 1 aliphatic rings. The number of carbonyl (C=O) groups is 1. The molecule has 0 spiro atoms. The molecule has 4 nitrogen and oxygen atoms in total. The van der Waals surface area contributed by atoms with Crippen molar-refractivity contribution in [2.45, 2.75) is 13.0 Å². The maximum absolute atomic E-state index is 10.4. The Morgan fingerprint density at radius 2 is 2.33 bits per heavy atom. The lowest BCUT2D eigenvalue weighted by Crippen LogP contribution is -2.55. The lowest BCUT2D eigenvalue weighted by Gasteiger charge is -2.40. The fourth-order valence-electron chi connectivity index (χ4n) is 1.38. The van der Waals surface area contributed by atoms with E-state index < -0.39 is 5.97 Å². The monoisotopic (exact) mass is 173 g/mol. The molecule has 0 bridgehead atoms. The average molecular weight is 173 g/mol. The van der Waals surface area contributed by atoms with Gasteiger partial charge in [0.15, 0.2) is 0 Å². The number of hydrogen-bond acceptors (Lipinski definition) is 3. The maximum atomic E-state index is 10.4. The van der Waals surface area contributed by atoms with Crippen molar-refractivity contribution in [3.8, 4) is 0 Å². The van der Waals surface area contributed by atoms with Crippen molar-refractivity contribution in [3.63, 3.8) is 0 Å². The minimum absolute atomic E-state index is 0.163. The molecule has 1 fully saturated rings. The van der Waals surface area contributed by atoms with Crippen molar-refractivity contribution in [1.29, 1.82) is 0 Å². The summed E-state index contributed by atoms with van der Waals surface area (Å²) >= 11 is 0. The fraction of sp³-hybridized carbons (Fsp3) is 0.875. The fourth-order valence-corrected chi connectivity index (χ4v) is 1.38. The van der Waals surface area contributed by atoms with Gasteiger partial charge in [0.05, 0.1) is 12.5 Å². The third kappa shape index (κ3) is 1.95. The summed E-state index contributed by atoms with van der Waals surface area (Å²) in [5.41, 5.74) is 0. The van der Waals surface area contributed by atoms with E-state index in [1.165, 1.54) is 0 Å². The summed E-state index contributed by atoms with van der Waals surface area (Å²) in [5.74, 6) is -0.847. The second-order valence-corrected chi connectivity index (χ2v) is 3.29. The van der Waals surface area contributed by atoms with Crippen LogP contribution < -0.4 is 0 Å². The summed E-state index contributed by atoms with van der Waals surface area (Å²) in [4.78, 5) is 12.6. The van der Waals surface area contributed by atoms with E-state index in [-0.39, 0.29) is 5.92 Å². The molecule has 1 atom stereocenters. The van der Waals surface area contributed by atoms with Gasteiger partial charge in [-0.3, -0.25) is 9.69 Å². The zero-order valence-electron chi connectivity index (χ0n) is 7.49. The van der Waals surface area contributed by atoms with Crippen LogP contribution in [-0.2, 0) is 9.53 Å². The summed E-state index contributed by atoms with van der Waals surface area (Å²) in [6, 6.07) is 0.339. The van der Waals surface area contributed by atoms with E-state index in [0.717, 1.165) is 0 Å². The van der Waals surface area contributed by atoms with Gasteiger partial charge in [0.25, 0.3) is 0 Å². The third-order valence-electron chi connectivity index (χ3n) is 2.29. The first-order chi connectivity index (χ1) is 5.65. The van der Waals surface area contributed by atoms with E-state index in [4.69, 9.17) is 9.84 Å². The highest BCUT2D eigenvalue weighted by Crippen LogP contribution is 2.18. The van der Waals surface area contributed by atoms with E-state index >= 15 is 0 Å². The molecule has 12 heavy (non-hydrogen) atoms. The first-order valence-corrected chi connectivity index (χ1v) is 4.11. The van der Waals surface area contributed by atoms with Gasteiger partial charge in [0.2, 0.25) is 0 Å². The standard InChI is InChI=1S/C8H15NO3/c1-6(5-12-2)9-3-7(4-9)8(10)11/h6-7H,3-5H2,1-2H3,(H,10,11). The van der Waals surface area contributed by atoms with Crippen molar-refractivity contribution in [3.05, 3.63) is 0 Å². The van der Waals surface area contributed by atoms with Crippen molar-refractivity contribution in [2.75, 3.05) is 26.8 Å². The highest BCUT2D eigenvalue weighted by Gasteiger charge is 2.34. The number of rotatable bonds is 4. The van der Waals surface area contributed by atoms with Gasteiger partial charge >= 0.3 is 5.97 Å². The van der Waals surface area contributed by atoms with Gasteiger partial charge in [0.1, 0.15) is 0 Å². The summed E-state index contributed by atoms with van der Waals surface area (Å²) in [6.07, 6.45) is 0. The van der Waals surface area contributed by atoms with E-state index in [2.05, 4.69) is 4.90 Å². The van der Waals surface area contributed by atoms with Gasteiger partial charge < -0.3 is 9.84 Å². The first-order valence-electron chi connectivity index (χ1n) is 4.11. The van der Waals surface area contributed by atoms with Gasteiger partial charge in [-0.25, -0.2) is 0 Å². The SMILES string of the molecule is COCC(C)N1CC(C(=O)O)C1. The van der Waals surface area contributed by atoms with Crippen LogP contribution in [0.5, 0.6) is 0 Å². The molecule has 0 aliphatic carbocycles. The summed E-state index contributed by atoms with van der Waals surface area (Å²) in [7, 11) is 1.66. The van der Waals surface area contributed by atoms with Gasteiger partial charge in [0, 0.05) is 26.2 Å². The predicted molar refractivity (Wildman–Crippen MR) is 44.0 cm³/mol. The molecule has 0 aromatic rings. The number of aliphatic carboxylic acids is 1. The van der Waals surface area contributed by atoms with Crippen molar-refractivity contribution >= 4 is 5.97 Å². The Hall–Kier alpha value is -0.610. The Bertz CT molecular complexity index is 166. The van der Waals surface area contributed by atoms with Crippen LogP contribution in [0, 0.1) is 5.92 Å². The van der Waals surface area contributed by atoms with Crippen LogP contribution in [-0.4, -0.2) is 48.8 Å². The molecule has 1 unspecified atom stereocenters. The minimum atomic E-state index is -0.684. The molecule has 70 valence electrons. The van der Waals surface area contributed by atoms with Crippen LogP contribution >= 0.6 is 0 Å². The average Bonchev–Trinajstić information content (AvgIpc) is 1.82. The van der Waals surface area contributed by atoms with E-state index in [1.54, 1.807) is 7.11 Å². The molecule has 0 amide bonds. The molecule has 1 rings (SSSR count). The quantitative estimate of drug-likeness (QED) is 0.652. The first kappa shape index (κ1) is 9.48. The Morgan fingerprint density at radius 3 is 2.75 bits per heavy atom. The van der Waals surface area contributed by atoms with Crippen LogP contribution in [0.2, 0.25) is 0 Å². The second-order valence-electron chi connectivity index (χ2n) is 3.29. The smallest absolute Gasteiger partial charge is 0.309 e. The molecular weight excluding hydrogens is 158 g/mol. The lowest BCUT2D eigenvalue weighted by molar-refractivity contribution is -0.149. The number of methoxy groups -OCH3 is 1. The van der Waals surface area contributed by atoms with E-state index in [0.29, 0.717) is 25.7 Å². The Balaban J connectivity index is 2.20. The van der Waals surface area contributed by atoms with Crippen molar-refractivity contribution in [1.82, 2.24) is 4.90 Å². The Kier molecular flexibility index (Phi) is 3.05. The topological polar surface area (TPSA) is 49.8 Å². The second kappa shape index (κ2) is 3.87. The number of likely N-dealkylation sites (tertiary alicyclic amines) is 1. The van der Waals surface area contributed by atoms with Gasteiger partial charge in [-0.1, -0.05) is 0 Å². The van der Waals surface area contributed by atoms with Gasteiger partial charge in [-0.2, -0.15) is 0 Å².